The van der Waals surface area contributed by atoms with Crippen LogP contribution in [0.25, 0.3) is 11.4 Å². The van der Waals surface area contributed by atoms with Gasteiger partial charge < -0.3 is 5.73 Å². The Balaban J connectivity index is 2.48. The summed E-state index contributed by atoms with van der Waals surface area (Å²) in [5.41, 5.74) is 6.92. The fourth-order valence-electron chi connectivity index (χ4n) is 1.72. The lowest BCUT2D eigenvalue weighted by molar-refractivity contribution is 0.628. The van der Waals surface area contributed by atoms with Gasteiger partial charge in [0.25, 0.3) is 0 Å². The average Bonchev–Trinajstić information content (AvgIpc) is 2.64. The number of hydrogen-bond donors (Lipinski definition) is 1. The van der Waals surface area contributed by atoms with Gasteiger partial charge in [0.15, 0.2) is 11.6 Å². The van der Waals surface area contributed by atoms with E-state index in [-0.39, 0.29) is 5.82 Å². The Morgan fingerprint density at radius 2 is 2.18 bits per heavy atom. The number of aromatic nitrogens is 3. The molecule has 0 fully saturated rings. The molecule has 0 aliphatic carbocycles. The summed E-state index contributed by atoms with van der Waals surface area (Å²) in [5, 5.41) is 4.28. The minimum absolute atomic E-state index is 0.325. The van der Waals surface area contributed by atoms with E-state index in [4.69, 9.17) is 5.73 Å². The number of benzene rings is 1. The Labute approximate surface area is 99.3 Å². The molecule has 1 aromatic heterocycles. The van der Waals surface area contributed by atoms with Crippen molar-refractivity contribution in [3.63, 3.8) is 0 Å². The van der Waals surface area contributed by atoms with Crippen LogP contribution in [-0.2, 0) is 13.5 Å². The predicted octanol–water partition coefficient (Wildman–Crippen LogP) is 2.16. The maximum atomic E-state index is 13.2. The predicted molar refractivity (Wildman–Crippen MR) is 64.8 cm³/mol. The van der Waals surface area contributed by atoms with Gasteiger partial charge in [-0.2, -0.15) is 5.10 Å². The molecule has 2 aromatic rings. The minimum atomic E-state index is -0.325. The molecule has 0 bridgehead atoms. The van der Waals surface area contributed by atoms with Crippen LogP contribution in [0.3, 0.4) is 0 Å². The SMILES string of the molecule is CCCc1nc(-c2cc(F)ccc2N)n(C)n1. The summed E-state index contributed by atoms with van der Waals surface area (Å²) in [5.74, 6) is 1.04. The highest BCUT2D eigenvalue weighted by Crippen LogP contribution is 2.24. The van der Waals surface area contributed by atoms with Crippen LogP contribution in [0.2, 0.25) is 0 Å². The van der Waals surface area contributed by atoms with Crippen LogP contribution in [0.1, 0.15) is 19.2 Å². The monoisotopic (exact) mass is 234 g/mol. The van der Waals surface area contributed by atoms with Crippen LogP contribution < -0.4 is 5.73 Å². The summed E-state index contributed by atoms with van der Waals surface area (Å²) in [4.78, 5) is 4.38. The van der Waals surface area contributed by atoms with E-state index in [2.05, 4.69) is 17.0 Å². The lowest BCUT2D eigenvalue weighted by Gasteiger charge is -2.04. The van der Waals surface area contributed by atoms with Gasteiger partial charge in [0, 0.05) is 24.7 Å². The van der Waals surface area contributed by atoms with Crippen molar-refractivity contribution in [1.82, 2.24) is 14.8 Å². The Morgan fingerprint density at radius 3 is 2.88 bits per heavy atom. The molecule has 90 valence electrons. The normalized spacial score (nSPS) is 10.8. The molecular formula is C12H15FN4. The molecule has 0 aliphatic heterocycles. The van der Waals surface area contributed by atoms with E-state index in [0.717, 1.165) is 18.7 Å². The second-order valence-electron chi connectivity index (χ2n) is 3.96. The van der Waals surface area contributed by atoms with Crippen LogP contribution in [0.15, 0.2) is 18.2 Å². The standard InChI is InChI=1S/C12H15FN4/c1-3-4-11-15-12(17(2)16-11)9-7-8(13)5-6-10(9)14/h5-7H,3-4,14H2,1-2H3. The summed E-state index contributed by atoms with van der Waals surface area (Å²) in [6.45, 7) is 2.06. The quantitative estimate of drug-likeness (QED) is 0.828. The summed E-state index contributed by atoms with van der Waals surface area (Å²) < 4.78 is 14.8. The lowest BCUT2D eigenvalue weighted by atomic mass is 10.1. The molecular weight excluding hydrogens is 219 g/mol. The van der Waals surface area contributed by atoms with Crippen molar-refractivity contribution < 1.29 is 4.39 Å². The molecule has 0 radical (unpaired) electrons. The van der Waals surface area contributed by atoms with Gasteiger partial charge in [0.05, 0.1) is 0 Å². The molecule has 0 saturated carbocycles. The molecule has 0 aliphatic rings. The van der Waals surface area contributed by atoms with Gasteiger partial charge in [-0.25, -0.2) is 14.1 Å². The topological polar surface area (TPSA) is 56.7 Å². The largest absolute Gasteiger partial charge is 0.398 e. The zero-order valence-electron chi connectivity index (χ0n) is 9.94. The van der Waals surface area contributed by atoms with Crippen LogP contribution >= 0.6 is 0 Å². The Morgan fingerprint density at radius 1 is 1.41 bits per heavy atom. The third-order valence-corrected chi connectivity index (χ3v) is 2.54. The van der Waals surface area contributed by atoms with Crippen molar-refractivity contribution in [3.8, 4) is 11.4 Å². The number of aryl methyl sites for hydroxylation is 2. The highest BCUT2D eigenvalue weighted by molar-refractivity contribution is 5.71. The van der Waals surface area contributed by atoms with Crippen molar-refractivity contribution in [2.24, 2.45) is 7.05 Å². The molecule has 0 spiro atoms. The second-order valence-corrected chi connectivity index (χ2v) is 3.96. The highest BCUT2D eigenvalue weighted by atomic mass is 19.1. The zero-order valence-corrected chi connectivity index (χ0v) is 9.94. The summed E-state index contributed by atoms with van der Waals surface area (Å²) in [7, 11) is 1.78. The van der Waals surface area contributed by atoms with Gasteiger partial charge in [0.1, 0.15) is 5.82 Å². The van der Waals surface area contributed by atoms with Crippen molar-refractivity contribution in [2.75, 3.05) is 5.73 Å². The fraction of sp³-hybridized carbons (Fsp3) is 0.333. The average molecular weight is 234 g/mol. The maximum absolute atomic E-state index is 13.2. The molecule has 5 heteroatoms. The van der Waals surface area contributed by atoms with Gasteiger partial charge in [-0.3, -0.25) is 0 Å². The summed E-state index contributed by atoms with van der Waals surface area (Å²) in [6, 6.07) is 4.26. The van der Waals surface area contributed by atoms with E-state index >= 15 is 0 Å². The number of rotatable bonds is 3. The first-order valence-electron chi connectivity index (χ1n) is 5.57. The fourth-order valence-corrected chi connectivity index (χ4v) is 1.72. The van der Waals surface area contributed by atoms with E-state index in [1.165, 1.54) is 12.1 Å². The second kappa shape index (κ2) is 4.53. The smallest absolute Gasteiger partial charge is 0.160 e. The van der Waals surface area contributed by atoms with Gasteiger partial charge in [0.2, 0.25) is 0 Å². The Bertz CT molecular complexity index is 533. The number of nitrogens with zero attached hydrogens (tertiary/aromatic N) is 3. The van der Waals surface area contributed by atoms with Crippen LogP contribution in [0.5, 0.6) is 0 Å². The molecule has 0 unspecified atom stereocenters. The Kier molecular flexibility index (Phi) is 3.08. The minimum Gasteiger partial charge on any atom is -0.398 e. The molecule has 1 heterocycles. The van der Waals surface area contributed by atoms with E-state index < -0.39 is 0 Å². The van der Waals surface area contributed by atoms with Gasteiger partial charge in [-0.15, -0.1) is 0 Å². The third kappa shape index (κ3) is 2.27. The van der Waals surface area contributed by atoms with E-state index in [1.807, 2.05) is 0 Å². The highest BCUT2D eigenvalue weighted by Gasteiger charge is 2.12. The summed E-state index contributed by atoms with van der Waals surface area (Å²) in [6.07, 6.45) is 1.78. The van der Waals surface area contributed by atoms with E-state index in [0.29, 0.717) is 17.1 Å². The molecule has 4 nitrogen and oxygen atoms in total. The number of anilines is 1. The molecule has 1 aromatic carbocycles. The van der Waals surface area contributed by atoms with Crippen molar-refractivity contribution >= 4 is 5.69 Å². The van der Waals surface area contributed by atoms with E-state index in [1.54, 1.807) is 17.8 Å². The number of nitrogens with two attached hydrogens (primary N) is 1. The molecule has 17 heavy (non-hydrogen) atoms. The first-order valence-corrected chi connectivity index (χ1v) is 5.57. The van der Waals surface area contributed by atoms with Gasteiger partial charge in [-0.05, 0) is 24.6 Å². The van der Waals surface area contributed by atoms with Crippen molar-refractivity contribution in [2.45, 2.75) is 19.8 Å². The molecule has 0 saturated heterocycles. The number of halogens is 1. The van der Waals surface area contributed by atoms with Crippen LogP contribution in [-0.4, -0.2) is 14.8 Å². The van der Waals surface area contributed by atoms with Crippen molar-refractivity contribution in [1.29, 1.82) is 0 Å². The molecule has 2 N–H and O–H groups in total. The van der Waals surface area contributed by atoms with Crippen LogP contribution in [0, 0.1) is 5.82 Å². The van der Waals surface area contributed by atoms with E-state index in [9.17, 15) is 4.39 Å². The number of hydrogen-bond acceptors (Lipinski definition) is 3. The first-order chi connectivity index (χ1) is 8.11. The Hall–Kier alpha value is -1.91. The van der Waals surface area contributed by atoms with Crippen LogP contribution in [0.4, 0.5) is 10.1 Å². The van der Waals surface area contributed by atoms with Crippen molar-refractivity contribution in [3.05, 3.63) is 29.8 Å². The lowest BCUT2D eigenvalue weighted by Crippen LogP contribution is -1.98. The van der Waals surface area contributed by atoms with Gasteiger partial charge in [-0.1, -0.05) is 6.92 Å². The maximum Gasteiger partial charge on any atom is 0.160 e. The molecule has 0 amide bonds. The zero-order chi connectivity index (χ0) is 12.4. The first kappa shape index (κ1) is 11.6. The third-order valence-electron chi connectivity index (χ3n) is 2.54. The molecule has 0 atom stereocenters. The van der Waals surface area contributed by atoms with Gasteiger partial charge >= 0.3 is 0 Å². The molecule has 2 rings (SSSR count). The summed E-state index contributed by atoms with van der Waals surface area (Å²) >= 11 is 0. The number of nitrogen functional groups attached to an aromatic ring is 1.